The van der Waals surface area contributed by atoms with Gasteiger partial charge in [0, 0.05) is 18.7 Å². The van der Waals surface area contributed by atoms with Crippen LogP contribution in [0, 0.1) is 5.92 Å². The molecule has 0 saturated heterocycles. The lowest BCUT2D eigenvalue weighted by atomic mass is 9.87. The molecule has 0 aliphatic heterocycles. The number of carbonyl (C=O) groups excluding carboxylic acids is 2. The number of ketones is 2. The number of carbonyl (C=O) groups is 2. The molecule has 0 aliphatic carbocycles. The molecule has 1 atom stereocenters. The van der Waals surface area contributed by atoms with Crippen LogP contribution in [0.15, 0.2) is 12.2 Å². The minimum Gasteiger partial charge on any atom is -0.359 e. The fraction of sp³-hybridized carbons (Fsp3) is 0.897. The van der Waals surface area contributed by atoms with Crippen LogP contribution in [0.4, 0.5) is 0 Å². The van der Waals surface area contributed by atoms with Gasteiger partial charge in [-0.1, -0.05) is 167 Å². The predicted octanol–water partition coefficient (Wildman–Crippen LogP) is 12.0. The topological polar surface area (TPSA) is 74.6 Å². The van der Waals surface area contributed by atoms with Crippen molar-refractivity contribution in [1.82, 2.24) is 0 Å². The van der Waals surface area contributed by atoms with Crippen LogP contribution in [-0.2, 0) is 9.59 Å². The van der Waals surface area contributed by atoms with Crippen LogP contribution in [0.3, 0.4) is 0 Å². The highest BCUT2D eigenvalue weighted by atomic mass is 35.5. The quantitative estimate of drug-likeness (QED) is 0.0313. The molecule has 0 saturated carbocycles. The normalized spacial score (nSPS) is 12.8. The zero-order valence-electron chi connectivity index (χ0n) is 29.2. The summed E-state index contributed by atoms with van der Waals surface area (Å²) in [4.78, 5) is 25.3. The van der Waals surface area contributed by atoms with Gasteiger partial charge in [0.15, 0.2) is 5.78 Å². The van der Waals surface area contributed by atoms with Crippen molar-refractivity contribution in [1.29, 1.82) is 0 Å². The first-order valence-electron chi connectivity index (χ1n) is 19.1. The van der Waals surface area contributed by atoms with E-state index in [-0.39, 0.29) is 24.5 Å². The Morgan fingerprint density at radius 1 is 0.523 bits per heavy atom. The number of hydrogen-bond acceptors (Lipinski definition) is 4. The van der Waals surface area contributed by atoms with Crippen LogP contribution in [0.2, 0.25) is 0 Å². The van der Waals surface area contributed by atoms with Gasteiger partial charge in [0.25, 0.3) is 0 Å². The Morgan fingerprint density at radius 3 is 1.20 bits per heavy atom. The van der Waals surface area contributed by atoms with Crippen molar-refractivity contribution in [2.75, 3.05) is 5.88 Å². The third-order valence-electron chi connectivity index (χ3n) is 9.13. The molecule has 5 heteroatoms. The molecule has 0 aromatic rings. The number of hydrogen-bond donors (Lipinski definition) is 2. The maximum atomic E-state index is 12.7. The largest absolute Gasteiger partial charge is 0.359 e. The maximum Gasteiger partial charge on any atom is 0.235 e. The summed E-state index contributed by atoms with van der Waals surface area (Å²) < 4.78 is 0. The molecule has 0 aromatic carbocycles. The summed E-state index contributed by atoms with van der Waals surface area (Å²) in [6, 6.07) is 0. The van der Waals surface area contributed by atoms with Gasteiger partial charge in [-0.25, -0.2) is 0 Å². The van der Waals surface area contributed by atoms with Crippen molar-refractivity contribution < 1.29 is 19.8 Å². The SMILES string of the molecule is CCCCCCCC/C=C\CCCCCCCC(=O)C(O)(O)C(CCl)C(=O)CCCCCCCCCCCCCCCCC. The molecule has 2 N–H and O–H groups in total. The molecule has 0 aromatic heterocycles. The second-order valence-electron chi connectivity index (χ2n) is 13.4. The van der Waals surface area contributed by atoms with Crippen LogP contribution >= 0.6 is 11.6 Å². The molecule has 0 amide bonds. The van der Waals surface area contributed by atoms with E-state index in [9.17, 15) is 19.8 Å². The standard InChI is InChI=1S/C39H73ClO4/c1-3-5-7-9-11-13-15-17-19-21-23-25-27-29-31-33-37(41)36(35-40)39(43,44)38(42)34-32-30-28-26-24-22-20-18-16-14-12-10-8-6-4-2/h18,20,36,43-44H,3-17,19,21-35H2,1-2H3/b20-18-. The van der Waals surface area contributed by atoms with Crippen molar-refractivity contribution >= 4 is 23.2 Å². The van der Waals surface area contributed by atoms with Gasteiger partial charge in [-0.15, -0.1) is 11.6 Å². The number of aliphatic hydroxyl groups is 2. The molecule has 4 nitrogen and oxygen atoms in total. The van der Waals surface area contributed by atoms with Crippen molar-refractivity contribution in [3.8, 4) is 0 Å². The van der Waals surface area contributed by atoms with Gasteiger partial charge in [-0.3, -0.25) is 9.59 Å². The predicted molar refractivity (Wildman–Crippen MR) is 190 cm³/mol. The Kier molecular flexibility index (Phi) is 31.7. The van der Waals surface area contributed by atoms with E-state index < -0.39 is 17.5 Å². The Hall–Kier alpha value is -0.710. The summed E-state index contributed by atoms with van der Waals surface area (Å²) in [7, 11) is 0. The highest BCUT2D eigenvalue weighted by Crippen LogP contribution is 2.24. The first-order valence-corrected chi connectivity index (χ1v) is 19.7. The van der Waals surface area contributed by atoms with Crippen LogP contribution in [0.5, 0.6) is 0 Å². The van der Waals surface area contributed by atoms with E-state index in [1.165, 1.54) is 122 Å². The maximum absolute atomic E-state index is 12.7. The summed E-state index contributed by atoms with van der Waals surface area (Å²) in [6.07, 6.45) is 38.8. The van der Waals surface area contributed by atoms with Crippen LogP contribution in [0.1, 0.15) is 206 Å². The van der Waals surface area contributed by atoms with Crippen LogP contribution in [0.25, 0.3) is 0 Å². The molecule has 0 heterocycles. The van der Waals surface area contributed by atoms with Crippen molar-refractivity contribution in [3.63, 3.8) is 0 Å². The van der Waals surface area contributed by atoms with E-state index in [1.54, 1.807) is 0 Å². The van der Waals surface area contributed by atoms with E-state index in [0.29, 0.717) is 12.8 Å². The van der Waals surface area contributed by atoms with Gasteiger partial charge in [0.05, 0.1) is 5.92 Å². The third-order valence-corrected chi connectivity index (χ3v) is 9.44. The number of unbranched alkanes of at least 4 members (excludes halogenated alkanes) is 25. The second kappa shape index (κ2) is 32.2. The lowest BCUT2D eigenvalue weighted by Gasteiger charge is -2.27. The Labute approximate surface area is 278 Å². The summed E-state index contributed by atoms with van der Waals surface area (Å²) in [5.41, 5.74) is 0. The van der Waals surface area contributed by atoms with Crippen LogP contribution in [-0.4, -0.2) is 33.4 Å². The summed E-state index contributed by atoms with van der Waals surface area (Å²) in [5, 5.41) is 21.1. The van der Waals surface area contributed by atoms with Gasteiger partial charge in [-0.05, 0) is 38.5 Å². The summed E-state index contributed by atoms with van der Waals surface area (Å²) in [5.74, 6) is -5.13. The Morgan fingerprint density at radius 2 is 0.841 bits per heavy atom. The molecule has 1 unspecified atom stereocenters. The number of halogens is 1. The lowest BCUT2D eigenvalue weighted by molar-refractivity contribution is -0.201. The van der Waals surface area contributed by atoms with Gasteiger partial charge < -0.3 is 10.2 Å². The molecule has 44 heavy (non-hydrogen) atoms. The molecule has 0 spiro atoms. The zero-order chi connectivity index (χ0) is 32.6. The molecular weight excluding hydrogens is 568 g/mol. The average Bonchev–Trinajstić information content (AvgIpc) is 3.01. The van der Waals surface area contributed by atoms with Gasteiger partial charge in [-0.2, -0.15) is 0 Å². The number of Topliss-reactive ketones (excluding diaryl/α,β-unsaturated/α-hetero) is 2. The first-order chi connectivity index (χ1) is 21.4. The van der Waals surface area contributed by atoms with Crippen molar-refractivity contribution in [2.45, 2.75) is 212 Å². The fourth-order valence-corrected chi connectivity index (χ4v) is 6.38. The van der Waals surface area contributed by atoms with E-state index in [4.69, 9.17) is 11.6 Å². The third kappa shape index (κ3) is 25.5. The highest BCUT2D eigenvalue weighted by molar-refractivity contribution is 6.20. The van der Waals surface area contributed by atoms with Gasteiger partial charge >= 0.3 is 0 Å². The van der Waals surface area contributed by atoms with Crippen molar-refractivity contribution in [2.24, 2.45) is 5.92 Å². The molecular formula is C39H73ClO4. The van der Waals surface area contributed by atoms with Crippen LogP contribution < -0.4 is 0 Å². The number of alkyl halides is 1. The minimum atomic E-state index is -2.66. The minimum absolute atomic E-state index is 0.0742. The summed E-state index contributed by atoms with van der Waals surface area (Å²) >= 11 is 5.96. The van der Waals surface area contributed by atoms with E-state index in [1.807, 2.05) is 0 Å². The number of rotatable bonds is 35. The van der Waals surface area contributed by atoms with E-state index >= 15 is 0 Å². The lowest BCUT2D eigenvalue weighted by Crippen LogP contribution is -2.50. The highest BCUT2D eigenvalue weighted by Gasteiger charge is 2.44. The van der Waals surface area contributed by atoms with E-state index in [0.717, 1.165) is 44.9 Å². The number of allylic oxidation sites excluding steroid dienone is 2. The van der Waals surface area contributed by atoms with Gasteiger partial charge in [0.2, 0.25) is 5.79 Å². The fourth-order valence-electron chi connectivity index (χ4n) is 6.00. The summed E-state index contributed by atoms with van der Waals surface area (Å²) in [6.45, 7) is 4.51. The zero-order valence-corrected chi connectivity index (χ0v) is 30.0. The second-order valence-corrected chi connectivity index (χ2v) is 13.7. The molecule has 0 rings (SSSR count). The molecule has 260 valence electrons. The average molecular weight is 641 g/mol. The monoisotopic (exact) mass is 641 g/mol. The Balaban J connectivity index is 3.84. The molecule has 0 fully saturated rings. The smallest absolute Gasteiger partial charge is 0.235 e. The molecule has 0 aliphatic rings. The first kappa shape index (κ1) is 43.3. The van der Waals surface area contributed by atoms with Gasteiger partial charge in [0.1, 0.15) is 5.78 Å². The molecule has 0 bridgehead atoms. The van der Waals surface area contributed by atoms with Crippen molar-refractivity contribution in [3.05, 3.63) is 12.2 Å². The molecule has 0 radical (unpaired) electrons. The Bertz CT molecular complexity index is 675. The van der Waals surface area contributed by atoms with E-state index in [2.05, 4.69) is 26.0 Å².